The van der Waals surface area contributed by atoms with Gasteiger partial charge in [-0.05, 0) is 42.0 Å². The van der Waals surface area contributed by atoms with Crippen molar-refractivity contribution in [2.75, 3.05) is 19.0 Å². The number of nitrogens with one attached hydrogen (secondary N) is 3. The summed E-state index contributed by atoms with van der Waals surface area (Å²) in [6, 6.07) is 14.6. The summed E-state index contributed by atoms with van der Waals surface area (Å²) < 4.78 is 6.01. The van der Waals surface area contributed by atoms with Gasteiger partial charge in [0.05, 0.1) is 20.1 Å². The molecule has 0 bridgehead atoms. The van der Waals surface area contributed by atoms with Gasteiger partial charge in [0.2, 0.25) is 5.91 Å². The standard InChI is InChI=1S/C17H18BrN3O3/c1-24-15-8-6-14(7-9-15)19-11-17(23)21-20-16(22)10-12-2-4-13(18)5-3-12/h2-9,19H,10-11H2,1H3,(H,20,22)(H,21,23). The lowest BCUT2D eigenvalue weighted by Crippen LogP contribution is -2.44. The van der Waals surface area contributed by atoms with Crippen LogP contribution in [0.15, 0.2) is 53.0 Å². The number of carbonyl (C=O) groups excluding carboxylic acids is 2. The lowest BCUT2D eigenvalue weighted by atomic mass is 10.1. The van der Waals surface area contributed by atoms with Crippen LogP contribution in [-0.2, 0) is 16.0 Å². The Bertz CT molecular complexity index is 687. The van der Waals surface area contributed by atoms with Crippen LogP contribution in [0.4, 0.5) is 5.69 Å². The van der Waals surface area contributed by atoms with Crippen LogP contribution < -0.4 is 20.9 Å². The van der Waals surface area contributed by atoms with Gasteiger partial charge in [-0.2, -0.15) is 0 Å². The number of hydrazine groups is 1. The maximum absolute atomic E-state index is 11.8. The number of anilines is 1. The van der Waals surface area contributed by atoms with Crippen LogP contribution in [-0.4, -0.2) is 25.5 Å². The third kappa shape index (κ3) is 5.92. The number of carbonyl (C=O) groups is 2. The molecule has 0 atom stereocenters. The van der Waals surface area contributed by atoms with E-state index in [0.29, 0.717) is 0 Å². The van der Waals surface area contributed by atoms with Crippen molar-refractivity contribution in [1.82, 2.24) is 10.9 Å². The minimum absolute atomic E-state index is 0.0465. The van der Waals surface area contributed by atoms with Gasteiger partial charge in [-0.1, -0.05) is 28.1 Å². The fourth-order valence-corrected chi connectivity index (χ4v) is 2.17. The Morgan fingerprint density at radius 2 is 1.58 bits per heavy atom. The SMILES string of the molecule is COc1ccc(NCC(=O)NNC(=O)Cc2ccc(Br)cc2)cc1. The van der Waals surface area contributed by atoms with Crippen molar-refractivity contribution in [2.45, 2.75) is 6.42 Å². The molecule has 0 saturated heterocycles. The number of ether oxygens (including phenoxy) is 1. The van der Waals surface area contributed by atoms with Gasteiger partial charge in [-0.3, -0.25) is 20.4 Å². The molecule has 126 valence electrons. The molecular weight excluding hydrogens is 374 g/mol. The first-order valence-electron chi connectivity index (χ1n) is 7.27. The van der Waals surface area contributed by atoms with Crippen LogP contribution in [0.1, 0.15) is 5.56 Å². The Labute approximate surface area is 148 Å². The van der Waals surface area contributed by atoms with Crippen LogP contribution in [0.5, 0.6) is 5.75 Å². The molecule has 0 fully saturated rings. The summed E-state index contributed by atoms with van der Waals surface area (Å²) in [5, 5.41) is 2.95. The molecule has 2 rings (SSSR count). The van der Waals surface area contributed by atoms with E-state index >= 15 is 0 Å². The molecule has 0 aromatic heterocycles. The number of hydrogen-bond donors (Lipinski definition) is 3. The second-order valence-electron chi connectivity index (χ2n) is 4.98. The number of methoxy groups -OCH3 is 1. The van der Waals surface area contributed by atoms with Crippen LogP contribution in [0, 0.1) is 0 Å². The minimum Gasteiger partial charge on any atom is -0.497 e. The fraction of sp³-hybridized carbons (Fsp3) is 0.176. The van der Waals surface area contributed by atoms with E-state index in [-0.39, 0.29) is 24.8 Å². The third-order valence-electron chi connectivity index (χ3n) is 3.16. The van der Waals surface area contributed by atoms with E-state index in [1.54, 1.807) is 31.4 Å². The average molecular weight is 392 g/mol. The van der Waals surface area contributed by atoms with E-state index in [4.69, 9.17) is 4.74 Å². The monoisotopic (exact) mass is 391 g/mol. The first kappa shape index (κ1) is 17.8. The molecule has 0 heterocycles. The van der Waals surface area contributed by atoms with Gasteiger partial charge in [0, 0.05) is 10.2 Å². The van der Waals surface area contributed by atoms with Gasteiger partial charge in [0.15, 0.2) is 0 Å². The lowest BCUT2D eigenvalue weighted by Gasteiger charge is -2.09. The van der Waals surface area contributed by atoms with Crippen LogP contribution in [0.3, 0.4) is 0 Å². The second-order valence-corrected chi connectivity index (χ2v) is 5.90. The van der Waals surface area contributed by atoms with E-state index < -0.39 is 0 Å². The van der Waals surface area contributed by atoms with Gasteiger partial charge in [-0.15, -0.1) is 0 Å². The van der Waals surface area contributed by atoms with E-state index in [1.165, 1.54) is 0 Å². The molecule has 0 radical (unpaired) electrons. The molecule has 0 saturated carbocycles. The van der Waals surface area contributed by atoms with Crippen molar-refractivity contribution in [3.63, 3.8) is 0 Å². The largest absolute Gasteiger partial charge is 0.497 e. The summed E-state index contributed by atoms with van der Waals surface area (Å²) >= 11 is 3.33. The normalized spacial score (nSPS) is 9.92. The second kappa shape index (κ2) is 8.93. The van der Waals surface area contributed by atoms with Crippen LogP contribution in [0.2, 0.25) is 0 Å². The average Bonchev–Trinajstić information content (AvgIpc) is 2.60. The van der Waals surface area contributed by atoms with Gasteiger partial charge in [-0.25, -0.2) is 0 Å². The zero-order valence-corrected chi connectivity index (χ0v) is 14.7. The summed E-state index contributed by atoms with van der Waals surface area (Å²) in [5.74, 6) is 0.121. The highest BCUT2D eigenvalue weighted by molar-refractivity contribution is 9.10. The minimum atomic E-state index is -0.338. The van der Waals surface area contributed by atoms with Gasteiger partial charge >= 0.3 is 0 Å². The Balaban J connectivity index is 1.70. The van der Waals surface area contributed by atoms with Crippen LogP contribution in [0.25, 0.3) is 0 Å². The van der Waals surface area contributed by atoms with Crippen molar-refractivity contribution in [1.29, 1.82) is 0 Å². The summed E-state index contributed by atoms with van der Waals surface area (Å²) in [7, 11) is 1.59. The molecule has 3 N–H and O–H groups in total. The van der Waals surface area contributed by atoms with Gasteiger partial charge in [0.1, 0.15) is 5.75 Å². The van der Waals surface area contributed by atoms with Crippen molar-refractivity contribution < 1.29 is 14.3 Å². The maximum atomic E-state index is 11.8. The summed E-state index contributed by atoms with van der Waals surface area (Å²) in [6.45, 7) is 0.0465. The highest BCUT2D eigenvalue weighted by Gasteiger charge is 2.06. The maximum Gasteiger partial charge on any atom is 0.257 e. The molecule has 0 aliphatic rings. The molecular formula is C17H18BrN3O3. The third-order valence-corrected chi connectivity index (χ3v) is 3.69. The number of benzene rings is 2. The molecule has 2 aromatic rings. The van der Waals surface area contributed by atoms with E-state index in [0.717, 1.165) is 21.5 Å². The molecule has 24 heavy (non-hydrogen) atoms. The molecule has 2 aromatic carbocycles. The van der Waals surface area contributed by atoms with E-state index in [2.05, 4.69) is 32.1 Å². The summed E-state index contributed by atoms with van der Waals surface area (Å²) in [4.78, 5) is 23.5. The fourth-order valence-electron chi connectivity index (χ4n) is 1.91. The molecule has 0 spiro atoms. The summed E-state index contributed by atoms with van der Waals surface area (Å²) in [6.07, 6.45) is 0.194. The predicted octanol–water partition coefficient (Wildman–Crippen LogP) is 2.26. The molecule has 7 heteroatoms. The zero-order chi connectivity index (χ0) is 17.4. The molecule has 0 aliphatic carbocycles. The molecule has 6 nitrogen and oxygen atoms in total. The number of amides is 2. The smallest absolute Gasteiger partial charge is 0.257 e. The predicted molar refractivity (Wildman–Crippen MR) is 95.6 cm³/mol. The number of rotatable bonds is 6. The van der Waals surface area contributed by atoms with Gasteiger partial charge < -0.3 is 10.1 Å². The first-order chi connectivity index (χ1) is 11.6. The van der Waals surface area contributed by atoms with E-state index in [1.807, 2.05) is 24.3 Å². The first-order valence-corrected chi connectivity index (χ1v) is 8.06. The molecule has 2 amide bonds. The van der Waals surface area contributed by atoms with Crippen LogP contribution >= 0.6 is 15.9 Å². The van der Waals surface area contributed by atoms with Crippen molar-refractivity contribution >= 4 is 33.4 Å². The van der Waals surface area contributed by atoms with Gasteiger partial charge in [0.25, 0.3) is 5.91 Å². The Morgan fingerprint density at radius 3 is 2.21 bits per heavy atom. The van der Waals surface area contributed by atoms with Crippen molar-refractivity contribution in [2.24, 2.45) is 0 Å². The Morgan fingerprint density at radius 1 is 0.958 bits per heavy atom. The number of halogens is 1. The quantitative estimate of drug-likeness (QED) is 0.659. The number of hydrogen-bond acceptors (Lipinski definition) is 4. The zero-order valence-electron chi connectivity index (χ0n) is 13.1. The molecule has 0 aliphatic heterocycles. The highest BCUT2D eigenvalue weighted by Crippen LogP contribution is 2.14. The molecule has 0 unspecified atom stereocenters. The Kier molecular flexibility index (Phi) is 6.62. The summed E-state index contributed by atoms with van der Waals surface area (Å²) in [5.41, 5.74) is 6.41. The van der Waals surface area contributed by atoms with Crippen molar-refractivity contribution in [3.8, 4) is 5.75 Å². The van der Waals surface area contributed by atoms with Crippen molar-refractivity contribution in [3.05, 3.63) is 58.6 Å². The Hall–Kier alpha value is -2.54. The topological polar surface area (TPSA) is 79.5 Å². The van der Waals surface area contributed by atoms with E-state index in [9.17, 15) is 9.59 Å². The highest BCUT2D eigenvalue weighted by atomic mass is 79.9. The lowest BCUT2D eigenvalue weighted by molar-refractivity contribution is -0.127.